The Kier molecular flexibility index (Phi) is 5.47. The molecule has 1 aromatic carbocycles. The lowest BCUT2D eigenvalue weighted by Gasteiger charge is -2.18. The van der Waals surface area contributed by atoms with Crippen LogP contribution in [0, 0.1) is 0 Å². The lowest BCUT2D eigenvalue weighted by atomic mass is 10.1. The maximum Gasteiger partial charge on any atom is 0.229 e. The van der Waals surface area contributed by atoms with Crippen molar-refractivity contribution in [3.63, 3.8) is 0 Å². The Balaban J connectivity index is 2.75. The first-order valence-electron chi connectivity index (χ1n) is 6.29. The molecule has 0 fully saturated rings. The number of hydrogen-bond donors (Lipinski definition) is 2. The summed E-state index contributed by atoms with van der Waals surface area (Å²) in [7, 11) is -3.22. The number of rotatable bonds is 7. The van der Waals surface area contributed by atoms with E-state index in [0.29, 0.717) is 11.7 Å². The van der Waals surface area contributed by atoms with Gasteiger partial charge in [-0.25, -0.2) is 8.42 Å². The lowest BCUT2D eigenvalue weighted by molar-refractivity contribution is 0.607. The summed E-state index contributed by atoms with van der Waals surface area (Å²) in [4.78, 5) is 0. The second-order valence-electron chi connectivity index (χ2n) is 4.49. The highest BCUT2D eigenvalue weighted by Gasteiger charge is 2.06. The average molecular weight is 270 g/mol. The van der Waals surface area contributed by atoms with Crippen LogP contribution < -0.4 is 10.0 Å². The Morgan fingerprint density at radius 3 is 2.44 bits per heavy atom. The SMILES string of the molecule is CCCC(CC)Nc1cccc(NS(C)(=O)=O)c1. The molecule has 18 heavy (non-hydrogen) atoms. The van der Waals surface area contributed by atoms with Gasteiger partial charge in [-0.2, -0.15) is 0 Å². The third kappa shape index (κ3) is 5.40. The highest BCUT2D eigenvalue weighted by Crippen LogP contribution is 2.18. The van der Waals surface area contributed by atoms with Crippen molar-refractivity contribution in [1.29, 1.82) is 0 Å². The van der Waals surface area contributed by atoms with Gasteiger partial charge in [0.15, 0.2) is 0 Å². The van der Waals surface area contributed by atoms with E-state index in [9.17, 15) is 8.42 Å². The first kappa shape index (κ1) is 14.8. The van der Waals surface area contributed by atoms with Crippen LogP contribution in [-0.4, -0.2) is 20.7 Å². The van der Waals surface area contributed by atoms with E-state index in [-0.39, 0.29) is 0 Å². The maximum absolute atomic E-state index is 11.2. The van der Waals surface area contributed by atoms with Crippen LogP contribution in [0.3, 0.4) is 0 Å². The molecule has 0 aromatic heterocycles. The summed E-state index contributed by atoms with van der Waals surface area (Å²) in [5.41, 5.74) is 1.54. The topological polar surface area (TPSA) is 58.2 Å². The summed E-state index contributed by atoms with van der Waals surface area (Å²) in [5.74, 6) is 0. The fraction of sp³-hybridized carbons (Fsp3) is 0.538. The molecule has 1 unspecified atom stereocenters. The number of nitrogens with one attached hydrogen (secondary N) is 2. The van der Waals surface area contributed by atoms with Gasteiger partial charge in [0.05, 0.1) is 11.9 Å². The molecule has 0 spiro atoms. The Labute approximate surface area is 110 Å². The largest absolute Gasteiger partial charge is 0.382 e. The van der Waals surface area contributed by atoms with Gasteiger partial charge in [-0.05, 0) is 31.0 Å². The minimum absolute atomic E-state index is 0.434. The van der Waals surface area contributed by atoms with Crippen LogP contribution >= 0.6 is 0 Å². The summed E-state index contributed by atoms with van der Waals surface area (Å²) < 4.78 is 24.8. The van der Waals surface area contributed by atoms with Gasteiger partial charge < -0.3 is 5.32 Å². The van der Waals surface area contributed by atoms with Gasteiger partial charge in [0.2, 0.25) is 10.0 Å². The van der Waals surface area contributed by atoms with Gasteiger partial charge >= 0.3 is 0 Å². The minimum atomic E-state index is -3.22. The van der Waals surface area contributed by atoms with E-state index in [1.54, 1.807) is 6.07 Å². The van der Waals surface area contributed by atoms with Crippen molar-refractivity contribution in [2.75, 3.05) is 16.3 Å². The van der Waals surface area contributed by atoms with Crippen molar-refractivity contribution < 1.29 is 8.42 Å². The van der Waals surface area contributed by atoms with Crippen molar-refractivity contribution >= 4 is 21.4 Å². The summed E-state index contributed by atoms with van der Waals surface area (Å²) >= 11 is 0. The fourth-order valence-electron chi connectivity index (χ4n) is 1.85. The molecule has 1 atom stereocenters. The maximum atomic E-state index is 11.2. The Hall–Kier alpha value is -1.23. The van der Waals surface area contributed by atoms with E-state index in [2.05, 4.69) is 23.9 Å². The molecule has 0 amide bonds. The molecule has 0 saturated heterocycles. The highest BCUT2D eigenvalue weighted by atomic mass is 32.2. The number of hydrogen-bond acceptors (Lipinski definition) is 3. The first-order valence-corrected chi connectivity index (χ1v) is 8.18. The first-order chi connectivity index (χ1) is 8.44. The van der Waals surface area contributed by atoms with Crippen LogP contribution in [0.15, 0.2) is 24.3 Å². The smallest absolute Gasteiger partial charge is 0.229 e. The van der Waals surface area contributed by atoms with E-state index in [4.69, 9.17) is 0 Å². The molecular weight excluding hydrogens is 248 g/mol. The van der Waals surface area contributed by atoms with Crippen molar-refractivity contribution in [3.05, 3.63) is 24.3 Å². The van der Waals surface area contributed by atoms with E-state index in [0.717, 1.165) is 31.2 Å². The van der Waals surface area contributed by atoms with Crippen LogP contribution in [0.5, 0.6) is 0 Å². The zero-order chi connectivity index (χ0) is 13.6. The van der Waals surface area contributed by atoms with Crippen molar-refractivity contribution in [1.82, 2.24) is 0 Å². The van der Waals surface area contributed by atoms with Gasteiger partial charge in [0.25, 0.3) is 0 Å². The highest BCUT2D eigenvalue weighted by molar-refractivity contribution is 7.92. The molecule has 1 rings (SSSR count). The third-order valence-electron chi connectivity index (χ3n) is 2.67. The van der Waals surface area contributed by atoms with Gasteiger partial charge in [-0.1, -0.05) is 26.3 Å². The molecule has 4 nitrogen and oxygen atoms in total. The summed E-state index contributed by atoms with van der Waals surface area (Å²) in [6.45, 7) is 4.30. The molecule has 0 saturated carbocycles. The Morgan fingerprint density at radius 1 is 1.22 bits per heavy atom. The second-order valence-corrected chi connectivity index (χ2v) is 6.24. The quantitative estimate of drug-likeness (QED) is 0.800. The molecule has 0 heterocycles. The van der Waals surface area contributed by atoms with Crippen LogP contribution in [0.2, 0.25) is 0 Å². The number of sulfonamides is 1. The summed E-state index contributed by atoms with van der Waals surface area (Å²) in [6.07, 6.45) is 4.45. The van der Waals surface area contributed by atoms with Crippen LogP contribution in [0.1, 0.15) is 33.1 Å². The average Bonchev–Trinajstić information content (AvgIpc) is 2.26. The summed E-state index contributed by atoms with van der Waals surface area (Å²) in [5, 5.41) is 3.42. The number of benzene rings is 1. The zero-order valence-electron chi connectivity index (χ0n) is 11.2. The molecule has 0 aliphatic rings. The van der Waals surface area contributed by atoms with Gasteiger partial charge in [0, 0.05) is 11.7 Å². The fourth-order valence-corrected chi connectivity index (χ4v) is 2.40. The third-order valence-corrected chi connectivity index (χ3v) is 3.27. The zero-order valence-corrected chi connectivity index (χ0v) is 12.0. The predicted molar refractivity (Wildman–Crippen MR) is 77.5 cm³/mol. The summed E-state index contributed by atoms with van der Waals surface area (Å²) in [6, 6.07) is 7.79. The lowest BCUT2D eigenvalue weighted by Crippen LogP contribution is -2.18. The molecule has 1 aromatic rings. The normalized spacial score (nSPS) is 13.1. The van der Waals surface area contributed by atoms with E-state index >= 15 is 0 Å². The minimum Gasteiger partial charge on any atom is -0.382 e. The molecule has 2 N–H and O–H groups in total. The molecule has 0 bridgehead atoms. The Morgan fingerprint density at radius 2 is 1.89 bits per heavy atom. The second kappa shape index (κ2) is 6.64. The van der Waals surface area contributed by atoms with Gasteiger partial charge in [0.1, 0.15) is 0 Å². The molecular formula is C13H22N2O2S. The van der Waals surface area contributed by atoms with Gasteiger partial charge in [-0.3, -0.25) is 4.72 Å². The van der Waals surface area contributed by atoms with E-state index in [1.807, 2.05) is 18.2 Å². The van der Waals surface area contributed by atoms with E-state index < -0.39 is 10.0 Å². The van der Waals surface area contributed by atoms with Crippen LogP contribution in [0.4, 0.5) is 11.4 Å². The van der Waals surface area contributed by atoms with Crippen LogP contribution in [0.25, 0.3) is 0 Å². The molecule has 0 aliphatic heterocycles. The molecule has 0 radical (unpaired) electrons. The van der Waals surface area contributed by atoms with Crippen molar-refractivity contribution in [2.24, 2.45) is 0 Å². The van der Waals surface area contributed by atoms with Gasteiger partial charge in [-0.15, -0.1) is 0 Å². The standard InChI is InChI=1S/C13H22N2O2S/c1-4-7-11(5-2)14-12-8-6-9-13(10-12)15-18(3,16)17/h6,8-11,14-15H,4-5,7H2,1-3H3. The van der Waals surface area contributed by atoms with Crippen LogP contribution in [-0.2, 0) is 10.0 Å². The van der Waals surface area contributed by atoms with E-state index in [1.165, 1.54) is 0 Å². The Bertz CT molecular complexity index is 472. The predicted octanol–water partition coefficient (Wildman–Crippen LogP) is 3.05. The molecule has 0 aliphatic carbocycles. The van der Waals surface area contributed by atoms with Crippen molar-refractivity contribution in [3.8, 4) is 0 Å². The number of anilines is 2. The molecule has 102 valence electrons. The monoisotopic (exact) mass is 270 g/mol. The van der Waals surface area contributed by atoms with Crippen molar-refractivity contribution in [2.45, 2.75) is 39.2 Å². The molecule has 5 heteroatoms.